The molecular weight excluding hydrogens is 335 g/mol. The summed E-state index contributed by atoms with van der Waals surface area (Å²) in [6.45, 7) is 0.360. The molecule has 0 aliphatic carbocycles. The maximum absolute atomic E-state index is 13.7. The van der Waals surface area contributed by atoms with Crippen LogP contribution in [0.5, 0.6) is 0 Å². The summed E-state index contributed by atoms with van der Waals surface area (Å²) in [5.74, 6) is -1.71. The summed E-state index contributed by atoms with van der Waals surface area (Å²) in [5, 5.41) is 20.3. The molecule has 108 valence electrons. The average molecular weight is 347 g/mol. The van der Waals surface area contributed by atoms with Gasteiger partial charge >= 0.3 is 5.97 Å². The molecule has 0 saturated carbocycles. The quantitative estimate of drug-likeness (QED) is 0.671. The maximum Gasteiger partial charge on any atom is 0.326 e. The number of aliphatic carboxylic acids is 1. The lowest BCUT2D eigenvalue weighted by molar-refractivity contribution is -0.384. The van der Waals surface area contributed by atoms with Crippen LogP contribution in [0.2, 0.25) is 0 Å². The van der Waals surface area contributed by atoms with E-state index in [9.17, 15) is 24.4 Å². The Balaban J connectivity index is 2.51. The Morgan fingerprint density at radius 3 is 2.80 bits per heavy atom. The number of benzene rings is 1. The van der Waals surface area contributed by atoms with E-state index in [0.717, 1.165) is 25.0 Å². The fraction of sp³-hybridized carbons (Fsp3) is 0.417. The van der Waals surface area contributed by atoms with Crippen molar-refractivity contribution in [3.63, 3.8) is 0 Å². The minimum absolute atomic E-state index is 0.0165. The van der Waals surface area contributed by atoms with E-state index in [4.69, 9.17) is 0 Å². The Morgan fingerprint density at radius 1 is 1.50 bits per heavy atom. The lowest BCUT2D eigenvalue weighted by Crippen LogP contribution is -2.45. The molecular formula is C12H12BrFN2O4. The van der Waals surface area contributed by atoms with Crippen molar-refractivity contribution in [2.45, 2.75) is 25.3 Å². The molecule has 1 aliphatic rings. The molecule has 1 aromatic carbocycles. The van der Waals surface area contributed by atoms with E-state index in [0.29, 0.717) is 13.0 Å². The van der Waals surface area contributed by atoms with Crippen molar-refractivity contribution in [3.05, 3.63) is 32.5 Å². The Labute approximate surface area is 122 Å². The van der Waals surface area contributed by atoms with Crippen LogP contribution in [0, 0.1) is 15.9 Å². The Morgan fingerprint density at radius 2 is 2.20 bits per heavy atom. The van der Waals surface area contributed by atoms with E-state index in [1.807, 2.05) is 0 Å². The molecule has 1 saturated heterocycles. The predicted molar refractivity (Wildman–Crippen MR) is 73.4 cm³/mol. The number of carboxylic acids is 1. The molecule has 0 aromatic heterocycles. The van der Waals surface area contributed by atoms with Crippen LogP contribution in [0.4, 0.5) is 15.8 Å². The van der Waals surface area contributed by atoms with Gasteiger partial charge < -0.3 is 10.0 Å². The number of anilines is 1. The van der Waals surface area contributed by atoms with Crippen molar-refractivity contribution in [2.24, 2.45) is 0 Å². The molecule has 0 radical (unpaired) electrons. The highest BCUT2D eigenvalue weighted by molar-refractivity contribution is 9.10. The first-order valence-electron chi connectivity index (χ1n) is 6.04. The molecule has 1 aromatic rings. The van der Waals surface area contributed by atoms with Crippen LogP contribution < -0.4 is 4.90 Å². The third-order valence-electron chi connectivity index (χ3n) is 3.31. The van der Waals surface area contributed by atoms with E-state index in [-0.39, 0.29) is 15.8 Å². The second kappa shape index (κ2) is 5.74. The minimum atomic E-state index is -1.05. The average Bonchev–Trinajstić information content (AvgIpc) is 2.41. The zero-order chi connectivity index (χ0) is 14.9. The number of carbonyl (C=O) groups is 1. The molecule has 1 fully saturated rings. The highest BCUT2D eigenvalue weighted by Gasteiger charge is 2.33. The zero-order valence-electron chi connectivity index (χ0n) is 10.4. The van der Waals surface area contributed by atoms with Crippen LogP contribution in [0.3, 0.4) is 0 Å². The van der Waals surface area contributed by atoms with Crippen molar-refractivity contribution < 1.29 is 19.2 Å². The molecule has 20 heavy (non-hydrogen) atoms. The molecule has 1 unspecified atom stereocenters. The Kier molecular flexibility index (Phi) is 4.22. The topological polar surface area (TPSA) is 83.7 Å². The number of nitrogens with zero attached hydrogens (tertiary/aromatic N) is 2. The van der Waals surface area contributed by atoms with Gasteiger partial charge in [0.05, 0.1) is 9.40 Å². The lowest BCUT2D eigenvalue weighted by atomic mass is 10.0. The third kappa shape index (κ3) is 2.74. The molecule has 1 heterocycles. The smallest absolute Gasteiger partial charge is 0.326 e. The fourth-order valence-electron chi connectivity index (χ4n) is 2.38. The van der Waals surface area contributed by atoms with Gasteiger partial charge in [-0.15, -0.1) is 0 Å². The standard InChI is InChI=1S/C12H12BrFN2O4/c13-7-5-11(16(19)20)10(6-8(7)14)15-4-2-1-3-9(15)12(17)18/h5-6,9H,1-4H2,(H,17,18). The van der Waals surface area contributed by atoms with Crippen molar-refractivity contribution in [1.29, 1.82) is 0 Å². The highest BCUT2D eigenvalue weighted by Crippen LogP contribution is 2.36. The summed E-state index contributed by atoms with van der Waals surface area (Å²) in [6, 6.07) is 1.23. The van der Waals surface area contributed by atoms with Crippen LogP contribution in [-0.4, -0.2) is 28.6 Å². The lowest BCUT2D eigenvalue weighted by Gasteiger charge is -2.34. The summed E-state index contributed by atoms with van der Waals surface area (Å²) in [7, 11) is 0. The van der Waals surface area contributed by atoms with Gasteiger partial charge in [0.1, 0.15) is 17.5 Å². The van der Waals surface area contributed by atoms with Gasteiger partial charge in [-0.2, -0.15) is 0 Å². The van der Waals surface area contributed by atoms with E-state index >= 15 is 0 Å². The van der Waals surface area contributed by atoms with Gasteiger partial charge in [-0.1, -0.05) is 0 Å². The number of hydrogen-bond donors (Lipinski definition) is 1. The van der Waals surface area contributed by atoms with Gasteiger partial charge in [0, 0.05) is 18.7 Å². The zero-order valence-corrected chi connectivity index (χ0v) is 12.0. The molecule has 1 N–H and O–H groups in total. The van der Waals surface area contributed by atoms with Gasteiger partial charge in [-0.05, 0) is 35.2 Å². The van der Waals surface area contributed by atoms with E-state index < -0.39 is 22.8 Å². The van der Waals surface area contributed by atoms with Crippen LogP contribution in [0.25, 0.3) is 0 Å². The van der Waals surface area contributed by atoms with Crippen molar-refractivity contribution in [2.75, 3.05) is 11.4 Å². The summed E-state index contributed by atoms with van der Waals surface area (Å²) in [6.07, 6.45) is 1.85. The molecule has 0 bridgehead atoms. The number of carboxylic acid groups (broad SMARTS) is 1. The molecule has 0 amide bonds. The summed E-state index contributed by atoms with van der Waals surface area (Å²) in [4.78, 5) is 23.1. The van der Waals surface area contributed by atoms with E-state index in [1.54, 1.807) is 0 Å². The molecule has 8 heteroatoms. The highest BCUT2D eigenvalue weighted by atomic mass is 79.9. The summed E-state index contributed by atoms with van der Waals surface area (Å²) >= 11 is 2.90. The number of nitro benzene ring substituents is 1. The second-order valence-electron chi connectivity index (χ2n) is 4.56. The van der Waals surface area contributed by atoms with Crippen molar-refractivity contribution in [1.82, 2.24) is 0 Å². The maximum atomic E-state index is 13.7. The van der Waals surface area contributed by atoms with Crippen molar-refractivity contribution in [3.8, 4) is 0 Å². The summed E-state index contributed by atoms with van der Waals surface area (Å²) in [5.41, 5.74) is -0.283. The Hall–Kier alpha value is -1.70. The first-order chi connectivity index (χ1) is 9.41. The molecule has 2 rings (SSSR count). The van der Waals surface area contributed by atoms with Crippen LogP contribution >= 0.6 is 15.9 Å². The SMILES string of the molecule is O=C(O)C1CCCCN1c1cc(F)c(Br)cc1[N+](=O)[O-]. The van der Waals surface area contributed by atoms with Crippen LogP contribution in [0.1, 0.15) is 19.3 Å². The normalized spacial score (nSPS) is 18.9. The molecule has 0 spiro atoms. The number of halogens is 2. The first-order valence-corrected chi connectivity index (χ1v) is 6.84. The molecule has 6 nitrogen and oxygen atoms in total. The number of nitro groups is 1. The van der Waals surface area contributed by atoms with Gasteiger partial charge in [0.25, 0.3) is 5.69 Å². The monoisotopic (exact) mass is 346 g/mol. The van der Waals surface area contributed by atoms with Crippen LogP contribution in [-0.2, 0) is 4.79 Å². The fourth-order valence-corrected chi connectivity index (χ4v) is 2.71. The summed E-state index contributed by atoms with van der Waals surface area (Å²) < 4.78 is 13.6. The molecule has 1 aliphatic heterocycles. The predicted octanol–water partition coefficient (Wildman–Crippen LogP) is 2.94. The van der Waals surface area contributed by atoms with Gasteiger partial charge in [0.15, 0.2) is 0 Å². The van der Waals surface area contributed by atoms with Crippen LogP contribution in [0.15, 0.2) is 16.6 Å². The minimum Gasteiger partial charge on any atom is -0.480 e. The van der Waals surface area contributed by atoms with E-state index in [1.165, 1.54) is 4.90 Å². The third-order valence-corrected chi connectivity index (χ3v) is 3.92. The Bertz CT molecular complexity index is 567. The second-order valence-corrected chi connectivity index (χ2v) is 5.41. The van der Waals surface area contributed by atoms with E-state index in [2.05, 4.69) is 15.9 Å². The molecule has 1 atom stereocenters. The largest absolute Gasteiger partial charge is 0.480 e. The van der Waals surface area contributed by atoms with Crippen molar-refractivity contribution >= 4 is 33.3 Å². The van der Waals surface area contributed by atoms with Gasteiger partial charge in [-0.25, -0.2) is 9.18 Å². The first kappa shape index (κ1) is 14.7. The van der Waals surface area contributed by atoms with Gasteiger partial charge in [-0.3, -0.25) is 10.1 Å². The van der Waals surface area contributed by atoms with Gasteiger partial charge in [0.2, 0.25) is 0 Å². The number of piperidine rings is 1. The number of rotatable bonds is 3. The number of hydrogen-bond acceptors (Lipinski definition) is 4.